The molecule has 0 aliphatic rings. The maximum Gasteiger partial charge on any atom is 0.275 e. The maximum absolute atomic E-state index is 12.1. The molecular formula is C16H19N5O2S. The van der Waals surface area contributed by atoms with E-state index in [2.05, 4.69) is 20.4 Å². The van der Waals surface area contributed by atoms with Gasteiger partial charge in [-0.05, 0) is 31.9 Å². The molecule has 0 fully saturated rings. The summed E-state index contributed by atoms with van der Waals surface area (Å²) >= 11 is 1.30. The molecule has 0 unspecified atom stereocenters. The molecule has 0 radical (unpaired) electrons. The van der Waals surface area contributed by atoms with Gasteiger partial charge in [-0.3, -0.25) is 9.59 Å². The van der Waals surface area contributed by atoms with Gasteiger partial charge in [0.2, 0.25) is 10.1 Å². The predicted molar refractivity (Wildman–Crippen MR) is 95.0 cm³/mol. The summed E-state index contributed by atoms with van der Waals surface area (Å²) in [7, 11) is 0. The third-order valence-electron chi connectivity index (χ3n) is 3.71. The molecule has 0 spiro atoms. The van der Waals surface area contributed by atoms with Crippen LogP contribution in [-0.2, 0) is 13.0 Å². The van der Waals surface area contributed by atoms with E-state index in [9.17, 15) is 9.59 Å². The fourth-order valence-corrected chi connectivity index (χ4v) is 3.40. The molecule has 3 aromatic heterocycles. The van der Waals surface area contributed by atoms with Crippen LogP contribution in [0.1, 0.15) is 35.9 Å². The molecule has 3 rings (SSSR count). The summed E-state index contributed by atoms with van der Waals surface area (Å²) in [4.78, 5) is 31.9. The summed E-state index contributed by atoms with van der Waals surface area (Å²) < 4.78 is 1.29. The Morgan fingerprint density at radius 3 is 2.79 bits per heavy atom. The number of pyridine rings is 1. The Bertz CT molecular complexity index is 1000. The fourth-order valence-electron chi connectivity index (χ4n) is 2.58. The second kappa shape index (κ2) is 6.56. The van der Waals surface area contributed by atoms with Crippen LogP contribution in [0, 0.1) is 13.8 Å². The van der Waals surface area contributed by atoms with E-state index in [4.69, 9.17) is 0 Å². The molecule has 7 nitrogen and oxygen atoms in total. The summed E-state index contributed by atoms with van der Waals surface area (Å²) in [6.07, 6.45) is 1.70. The second-order valence-electron chi connectivity index (χ2n) is 5.73. The first kappa shape index (κ1) is 16.4. The molecule has 0 aliphatic heterocycles. The highest BCUT2D eigenvalue weighted by Crippen LogP contribution is 2.18. The number of H-pyrrole nitrogens is 1. The second-order valence-corrected chi connectivity index (χ2v) is 6.69. The van der Waals surface area contributed by atoms with E-state index in [1.807, 2.05) is 26.8 Å². The zero-order valence-electron chi connectivity index (χ0n) is 13.8. The number of nitrogens with zero attached hydrogens (tertiary/aromatic N) is 3. The Kier molecular flexibility index (Phi) is 4.48. The van der Waals surface area contributed by atoms with Gasteiger partial charge >= 0.3 is 0 Å². The van der Waals surface area contributed by atoms with Crippen LogP contribution < -0.4 is 16.4 Å². The normalized spacial score (nSPS) is 11.1. The molecule has 24 heavy (non-hydrogen) atoms. The lowest BCUT2D eigenvalue weighted by Crippen LogP contribution is -2.19. The minimum atomic E-state index is -0.183. The third-order valence-corrected chi connectivity index (χ3v) is 4.58. The molecule has 8 heteroatoms. The zero-order chi connectivity index (χ0) is 17.3. The van der Waals surface area contributed by atoms with Crippen LogP contribution in [-0.4, -0.2) is 19.6 Å². The minimum absolute atomic E-state index is 0.110. The van der Waals surface area contributed by atoms with Crippen molar-refractivity contribution >= 4 is 21.4 Å². The third kappa shape index (κ3) is 3.23. The van der Waals surface area contributed by atoms with Crippen molar-refractivity contribution in [2.45, 2.75) is 40.2 Å². The van der Waals surface area contributed by atoms with Gasteiger partial charge in [0.15, 0.2) is 0 Å². The molecule has 3 aromatic rings. The molecule has 126 valence electrons. The molecule has 0 saturated carbocycles. The molecule has 0 bridgehead atoms. The highest BCUT2D eigenvalue weighted by molar-refractivity contribution is 7.20. The van der Waals surface area contributed by atoms with Crippen LogP contribution in [0.5, 0.6) is 0 Å². The highest BCUT2D eigenvalue weighted by Gasteiger charge is 2.10. The topological polar surface area (TPSA) is 92.2 Å². The fraction of sp³-hybridized carbons (Fsp3) is 0.375. The van der Waals surface area contributed by atoms with Gasteiger partial charge in [-0.15, -0.1) is 5.10 Å². The first-order valence-electron chi connectivity index (χ1n) is 7.81. The van der Waals surface area contributed by atoms with E-state index in [-0.39, 0.29) is 11.1 Å². The number of anilines is 1. The summed E-state index contributed by atoms with van der Waals surface area (Å²) in [6.45, 7) is 6.15. The van der Waals surface area contributed by atoms with Crippen LogP contribution >= 0.6 is 11.3 Å². The van der Waals surface area contributed by atoms with Crippen LogP contribution in [0.15, 0.2) is 21.7 Å². The Hall–Kier alpha value is -2.48. The van der Waals surface area contributed by atoms with Crippen molar-refractivity contribution in [1.82, 2.24) is 19.6 Å². The van der Waals surface area contributed by atoms with Gasteiger partial charge in [0, 0.05) is 29.6 Å². The van der Waals surface area contributed by atoms with Gasteiger partial charge in [-0.1, -0.05) is 24.7 Å². The number of aromatic nitrogens is 4. The SMILES string of the molecule is CCCc1cc(=O)n2nc(NCc3c(C)cc(C)[nH]c3=O)sc2n1. The van der Waals surface area contributed by atoms with Crippen molar-refractivity contribution in [3.8, 4) is 0 Å². The van der Waals surface area contributed by atoms with Gasteiger partial charge in [0.05, 0.1) is 0 Å². The van der Waals surface area contributed by atoms with E-state index in [1.54, 1.807) is 0 Å². The number of aromatic amines is 1. The van der Waals surface area contributed by atoms with Crippen molar-refractivity contribution < 1.29 is 0 Å². The average molecular weight is 345 g/mol. The zero-order valence-corrected chi connectivity index (χ0v) is 14.7. The number of hydrogen-bond donors (Lipinski definition) is 2. The largest absolute Gasteiger partial charge is 0.356 e. The lowest BCUT2D eigenvalue weighted by Gasteiger charge is -2.06. The van der Waals surface area contributed by atoms with E-state index >= 15 is 0 Å². The summed E-state index contributed by atoms with van der Waals surface area (Å²) in [6, 6.07) is 3.45. The average Bonchev–Trinajstić information content (AvgIpc) is 2.90. The summed E-state index contributed by atoms with van der Waals surface area (Å²) in [5, 5.41) is 7.92. The first-order chi connectivity index (χ1) is 11.5. The van der Waals surface area contributed by atoms with Gasteiger partial charge in [0.1, 0.15) is 0 Å². The number of hydrogen-bond acceptors (Lipinski definition) is 6. The standard InChI is InChI=1S/C16H19N5O2S/c1-4-5-11-7-13(22)21-16(19-11)24-15(20-21)17-8-12-9(2)6-10(3)18-14(12)23/h6-7H,4-5,8H2,1-3H3,(H,17,20)(H,18,23). The lowest BCUT2D eigenvalue weighted by atomic mass is 10.1. The van der Waals surface area contributed by atoms with Gasteiger partial charge in [-0.2, -0.15) is 4.52 Å². The Balaban J connectivity index is 1.87. The number of aryl methyl sites for hydroxylation is 3. The summed E-state index contributed by atoms with van der Waals surface area (Å²) in [5.74, 6) is 0. The molecule has 0 saturated heterocycles. The van der Waals surface area contributed by atoms with E-state index in [1.165, 1.54) is 21.9 Å². The van der Waals surface area contributed by atoms with Crippen molar-refractivity contribution in [3.05, 3.63) is 55.4 Å². The smallest absolute Gasteiger partial charge is 0.275 e. The van der Waals surface area contributed by atoms with Crippen molar-refractivity contribution in [2.24, 2.45) is 0 Å². The molecule has 0 atom stereocenters. The Morgan fingerprint density at radius 2 is 2.08 bits per heavy atom. The molecule has 0 aliphatic carbocycles. The van der Waals surface area contributed by atoms with Gasteiger partial charge in [-0.25, -0.2) is 4.98 Å². The number of rotatable bonds is 5. The van der Waals surface area contributed by atoms with Gasteiger partial charge < -0.3 is 10.3 Å². The Morgan fingerprint density at radius 1 is 1.29 bits per heavy atom. The highest BCUT2D eigenvalue weighted by atomic mass is 32.1. The summed E-state index contributed by atoms with van der Waals surface area (Å²) in [5.41, 5.74) is 2.90. The van der Waals surface area contributed by atoms with E-state index in [0.29, 0.717) is 22.2 Å². The van der Waals surface area contributed by atoms with Crippen LogP contribution in [0.25, 0.3) is 4.96 Å². The van der Waals surface area contributed by atoms with Crippen molar-refractivity contribution in [2.75, 3.05) is 5.32 Å². The molecular weight excluding hydrogens is 326 g/mol. The lowest BCUT2D eigenvalue weighted by molar-refractivity contribution is 0.839. The molecule has 0 amide bonds. The molecule has 3 heterocycles. The first-order valence-corrected chi connectivity index (χ1v) is 8.62. The predicted octanol–water partition coefficient (Wildman–Crippen LogP) is 2.02. The molecule has 2 N–H and O–H groups in total. The molecule has 0 aromatic carbocycles. The van der Waals surface area contributed by atoms with Crippen molar-refractivity contribution in [3.63, 3.8) is 0 Å². The quantitative estimate of drug-likeness (QED) is 0.738. The van der Waals surface area contributed by atoms with Crippen LogP contribution in [0.3, 0.4) is 0 Å². The minimum Gasteiger partial charge on any atom is -0.356 e. The Labute approximate surface area is 142 Å². The van der Waals surface area contributed by atoms with Crippen LogP contribution in [0.2, 0.25) is 0 Å². The maximum atomic E-state index is 12.1. The monoisotopic (exact) mass is 345 g/mol. The van der Waals surface area contributed by atoms with E-state index in [0.717, 1.165) is 29.8 Å². The number of nitrogens with one attached hydrogen (secondary N) is 2. The van der Waals surface area contributed by atoms with Crippen LogP contribution in [0.4, 0.5) is 5.13 Å². The van der Waals surface area contributed by atoms with E-state index < -0.39 is 0 Å². The van der Waals surface area contributed by atoms with Crippen molar-refractivity contribution in [1.29, 1.82) is 0 Å². The van der Waals surface area contributed by atoms with Gasteiger partial charge in [0.25, 0.3) is 11.1 Å². The number of fused-ring (bicyclic) bond motifs is 1.